The Morgan fingerprint density at radius 1 is 1.00 bits per heavy atom. The molecule has 0 aliphatic rings. The van der Waals surface area contributed by atoms with Gasteiger partial charge in [0.25, 0.3) is 0 Å². The minimum Gasteiger partial charge on any atom is -0.493 e. The molecular weight excluding hydrogens is 192 g/mol. The van der Waals surface area contributed by atoms with Crippen molar-refractivity contribution in [1.82, 2.24) is 0 Å². The lowest BCUT2D eigenvalue weighted by molar-refractivity contribution is 0.323. The monoisotopic (exact) mass is 208 g/mol. The van der Waals surface area contributed by atoms with E-state index in [0.717, 1.165) is 5.56 Å². The first-order chi connectivity index (χ1) is 7.13. The summed E-state index contributed by atoms with van der Waals surface area (Å²) >= 11 is 0. The molecule has 0 fully saturated rings. The van der Waals surface area contributed by atoms with Gasteiger partial charge >= 0.3 is 0 Å². The topological polar surface area (TPSA) is 27.7 Å². The zero-order chi connectivity index (χ0) is 11.4. The lowest BCUT2D eigenvalue weighted by atomic mass is 10.0. The predicted molar refractivity (Wildman–Crippen MR) is 58.8 cm³/mol. The highest BCUT2D eigenvalue weighted by Gasteiger charge is 2.14. The maximum Gasteiger partial charge on any atom is 0.203 e. The number of hydrogen-bond donors (Lipinski definition) is 0. The lowest BCUT2D eigenvalue weighted by Crippen LogP contribution is -1.98. The van der Waals surface area contributed by atoms with Crippen LogP contribution in [0.5, 0.6) is 17.2 Å². The molecule has 15 heavy (non-hydrogen) atoms. The van der Waals surface area contributed by atoms with E-state index < -0.39 is 0 Å². The van der Waals surface area contributed by atoms with Crippen molar-refractivity contribution in [2.45, 2.75) is 12.8 Å². The van der Waals surface area contributed by atoms with Crippen LogP contribution in [0.25, 0.3) is 0 Å². The summed E-state index contributed by atoms with van der Waals surface area (Å²) in [6.07, 6.45) is 0. The van der Waals surface area contributed by atoms with E-state index in [0.29, 0.717) is 17.2 Å². The molecule has 0 aliphatic carbocycles. The zero-order valence-electron chi connectivity index (χ0n) is 9.53. The second-order valence-electron chi connectivity index (χ2n) is 3.25. The number of rotatable bonds is 4. The first-order valence-electron chi connectivity index (χ1n) is 4.69. The normalized spacial score (nSPS) is 10.3. The van der Waals surface area contributed by atoms with E-state index in [2.05, 4.69) is 0 Å². The van der Waals surface area contributed by atoms with Crippen LogP contribution in [-0.2, 0) is 0 Å². The van der Waals surface area contributed by atoms with Crippen LogP contribution in [0.15, 0.2) is 12.1 Å². The molecule has 0 amide bonds. The molecule has 3 heteroatoms. The smallest absolute Gasteiger partial charge is 0.203 e. The van der Waals surface area contributed by atoms with Crippen LogP contribution in [0.1, 0.15) is 18.4 Å². The summed E-state index contributed by atoms with van der Waals surface area (Å²) in [5, 5.41) is 0. The van der Waals surface area contributed by atoms with E-state index in [1.54, 1.807) is 21.3 Å². The second-order valence-corrected chi connectivity index (χ2v) is 3.25. The highest BCUT2D eigenvalue weighted by molar-refractivity contribution is 5.54. The van der Waals surface area contributed by atoms with E-state index in [9.17, 15) is 0 Å². The van der Waals surface area contributed by atoms with Gasteiger partial charge in [-0.15, -0.1) is 0 Å². The molecule has 0 spiro atoms. The second kappa shape index (κ2) is 4.91. The zero-order valence-corrected chi connectivity index (χ0v) is 9.53. The molecule has 0 saturated heterocycles. The van der Waals surface area contributed by atoms with Crippen molar-refractivity contribution in [2.75, 3.05) is 21.3 Å². The average Bonchev–Trinajstić information content (AvgIpc) is 2.26. The van der Waals surface area contributed by atoms with Gasteiger partial charge in [-0.1, -0.05) is 6.92 Å². The maximum atomic E-state index is 5.80. The lowest BCUT2D eigenvalue weighted by Gasteiger charge is -2.15. The van der Waals surface area contributed by atoms with Crippen LogP contribution in [0, 0.1) is 6.92 Å². The molecule has 3 nitrogen and oxygen atoms in total. The summed E-state index contributed by atoms with van der Waals surface area (Å²) in [5.74, 6) is 1.77. The van der Waals surface area contributed by atoms with Gasteiger partial charge in [-0.25, -0.2) is 0 Å². The first-order valence-corrected chi connectivity index (χ1v) is 4.69. The fourth-order valence-corrected chi connectivity index (χ4v) is 1.36. The minimum absolute atomic E-state index is 0.0706. The molecule has 0 saturated carbocycles. The van der Waals surface area contributed by atoms with Gasteiger partial charge in [-0.3, -0.25) is 0 Å². The van der Waals surface area contributed by atoms with Gasteiger partial charge in [-0.2, -0.15) is 0 Å². The van der Waals surface area contributed by atoms with E-state index in [1.807, 2.05) is 19.1 Å². The Kier molecular flexibility index (Phi) is 3.83. The van der Waals surface area contributed by atoms with E-state index in [4.69, 9.17) is 21.1 Å². The molecule has 1 aromatic rings. The Bertz CT molecular complexity index is 307. The minimum atomic E-state index is -0.0706. The van der Waals surface area contributed by atoms with Crippen molar-refractivity contribution in [1.29, 1.82) is 0 Å². The van der Waals surface area contributed by atoms with E-state index >= 15 is 0 Å². The fraction of sp³-hybridized carbons (Fsp3) is 0.417. The van der Waals surface area contributed by atoms with Gasteiger partial charge in [0.15, 0.2) is 11.5 Å². The summed E-state index contributed by atoms with van der Waals surface area (Å²) in [4.78, 5) is 0. The molecule has 82 valence electrons. The summed E-state index contributed by atoms with van der Waals surface area (Å²) in [5.41, 5.74) is 0.949. The van der Waals surface area contributed by atoms with Crippen molar-refractivity contribution >= 4 is 0 Å². The van der Waals surface area contributed by atoms with Gasteiger partial charge in [0, 0.05) is 0 Å². The van der Waals surface area contributed by atoms with Crippen molar-refractivity contribution < 1.29 is 14.2 Å². The molecule has 0 bridgehead atoms. The molecule has 0 heterocycles. The summed E-state index contributed by atoms with van der Waals surface area (Å²) in [6, 6.07) is 3.71. The fourth-order valence-electron chi connectivity index (χ4n) is 1.36. The van der Waals surface area contributed by atoms with Gasteiger partial charge in [-0.05, 0) is 30.5 Å². The first kappa shape index (κ1) is 11.7. The van der Waals surface area contributed by atoms with Crippen molar-refractivity contribution in [3.8, 4) is 17.2 Å². The van der Waals surface area contributed by atoms with Crippen LogP contribution >= 0.6 is 0 Å². The summed E-state index contributed by atoms with van der Waals surface area (Å²) < 4.78 is 15.6. The van der Waals surface area contributed by atoms with E-state index in [-0.39, 0.29) is 5.92 Å². The van der Waals surface area contributed by atoms with Crippen LogP contribution in [0.2, 0.25) is 0 Å². The molecule has 0 N–H and O–H groups in total. The molecule has 1 atom stereocenters. The Labute approximate surface area is 91.0 Å². The third-order valence-corrected chi connectivity index (χ3v) is 2.21. The van der Waals surface area contributed by atoms with Crippen LogP contribution < -0.4 is 14.2 Å². The van der Waals surface area contributed by atoms with Gasteiger partial charge in [0.05, 0.1) is 21.3 Å². The third kappa shape index (κ3) is 2.35. The molecule has 0 aliphatic heterocycles. The molecule has 0 aromatic heterocycles. The SMILES string of the molecule is [CH]C(C)c1cc(OC)c(OC)c(OC)c1. The van der Waals surface area contributed by atoms with Crippen LogP contribution in [-0.4, -0.2) is 21.3 Å². The van der Waals surface area contributed by atoms with E-state index in [1.165, 1.54) is 0 Å². The highest BCUT2D eigenvalue weighted by atomic mass is 16.5. The molecule has 1 aromatic carbocycles. The predicted octanol–water partition coefficient (Wildman–Crippen LogP) is 2.53. The highest BCUT2D eigenvalue weighted by Crippen LogP contribution is 2.39. The van der Waals surface area contributed by atoms with Gasteiger partial charge in [0.1, 0.15) is 0 Å². The molecule has 2 radical (unpaired) electrons. The van der Waals surface area contributed by atoms with Crippen molar-refractivity contribution in [3.63, 3.8) is 0 Å². The van der Waals surface area contributed by atoms with Crippen LogP contribution in [0.3, 0.4) is 0 Å². The Hall–Kier alpha value is -1.38. The largest absolute Gasteiger partial charge is 0.493 e. The molecular formula is C12H16O3. The summed E-state index contributed by atoms with van der Waals surface area (Å²) in [6.45, 7) is 7.70. The standard InChI is InChI=1S/C12H16O3/c1-8(2)9-6-10(13-3)12(15-5)11(7-9)14-4/h1,6-8H,2-5H3. The third-order valence-electron chi connectivity index (χ3n) is 2.21. The number of methoxy groups -OCH3 is 3. The van der Waals surface area contributed by atoms with Gasteiger partial charge < -0.3 is 14.2 Å². The molecule has 1 unspecified atom stereocenters. The Morgan fingerprint density at radius 3 is 1.73 bits per heavy atom. The van der Waals surface area contributed by atoms with Crippen molar-refractivity contribution in [3.05, 3.63) is 24.6 Å². The average molecular weight is 208 g/mol. The quantitative estimate of drug-likeness (QED) is 0.761. The number of hydrogen-bond acceptors (Lipinski definition) is 3. The van der Waals surface area contributed by atoms with Gasteiger partial charge in [0.2, 0.25) is 5.75 Å². The molecule has 1 rings (SSSR count). The van der Waals surface area contributed by atoms with Crippen molar-refractivity contribution in [2.24, 2.45) is 0 Å². The Balaban J connectivity index is 3.29. The van der Waals surface area contributed by atoms with Crippen LogP contribution in [0.4, 0.5) is 0 Å². The number of ether oxygens (including phenoxy) is 3. The summed E-state index contributed by atoms with van der Waals surface area (Å²) in [7, 11) is 4.75. The maximum absolute atomic E-state index is 5.80. The Morgan fingerprint density at radius 2 is 1.47 bits per heavy atom. The number of benzene rings is 1.